The summed E-state index contributed by atoms with van der Waals surface area (Å²) in [6.07, 6.45) is 4.42. The van der Waals surface area contributed by atoms with Gasteiger partial charge in [-0.25, -0.2) is 9.67 Å². The fraction of sp³-hybridized carbons (Fsp3) is 0.467. The van der Waals surface area contributed by atoms with Gasteiger partial charge in [-0.3, -0.25) is 0 Å². The third-order valence-corrected chi connectivity index (χ3v) is 3.96. The maximum Gasteiger partial charge on any atom is 0.283 e. The van der Waals surface area contributed by atoms with E-state index >= 15 is 0 Å². The molecule has 0 bridgehead atoms. The van der Waals surface area contributed by atoms with E-state index < -0.39 is 0 Å². The minimum Gasteiger partial charge on any atom is -0.459 e. The van der Waals surface area contributed by atoms with Gasteiger partial charge in [-0.2, -0.15) is 5.10 Å². The lowest BCUT2D eigenvalue weighted by Gasteiger charge is -2.22. The number of nitrogens with one attached hydrogen (secondary N) is 1. The van der Waals surface area contributed by atoms with Gasteiger partial charge in [0.05, 0.1) is 19.4 Å². The topological polar surface area (TPSA) is 94.8 Å². The smallest absolute Gasteiger partial charge is 0.283 e. The van der Waals surface area contributed by atoms with Gasteiger partial charge in [-0.1, -0.05) is 6.92 Å². The van der Waals surface area contributed by atoms with Crippen molar-refractivity contribution in [2.24, 2.45) is 0 Å². The summed E-state index contributed by atoms with van der Waals surface area (Å²) in [6, 6.07) is 3.91. The Morgan fingerprint density at radius 3 is 3.17 bits per heavy atom. The van der Waals surface area contributed by atoms with Crippen molar-refractivity contribution in [3.05, 3.63) is 35.9 Å². The minimum absolute atomic E-state index is 0.327. The standard InChI is InChI=1S/C15H18N6O2/c1-2-12-17-13-6-5-10(9-21(13)20-12)16-8-14-18-19-15(23-14)11-4-3-7-22-11/h3-4,7,10,16H,2,5-6,8-9H2,1H3. The van der Waals surface area contributed by atoms with Crippen LogP contribution in [-0.2, 0) is 25.9 Å². The number of aryl methyl sites for hydroxylation is 2. The van der Waals surface area contributed by atoms with Crippen LogP contribution in [0.2, 0.25) is 0 Å². The second-order valence-electron chi connectivity index (χ2n) is 5.57. The van der Waals surface area contributed by atoms with Crippen LogP contribution in [0.5, 0.6) is 0 Å². The molecule has 8 heteroatoms. The lowest BCUT2D eigenvalue weighted by Crippen LogP contribution is -2.37. The Morgan fingerprint density at radius 1 is 1.39 bits per heavy atom. The van der Waals surface area contributed by atoms with Gasteiger partial charge >= 0.3 is 0 Å². The SMILES string of the molecule is CCc1nc2n(n1)CC(NCc1nnc(-c3ccco3)o1)CC2. The van der Waals surface area contributed by atoms with E-state index in [1.54, 1.807) is 18.4 Å². The van der Waals surface area contributed by atoms with Crippen LogP contribution in [0, 0.1) is 0 Å². The number of hydrogen-bond donors (Lipinski definition) is 1. The molecule has 0 amide bonds. The van der Waals surface area contributed by atoms with Gasteiger partial charge < -0.3 is 14.2 Å². The lowest BCUT2D eigenvalue weighted by molar-refractivity contribution is 0.341. The normalized spacial score (nSPS) is 17.3. The van der Waals surface area contributed by atoms with Gasteiger partial charge in [-0.05, 0) is 18.6 Å². The third kappa shape index (κ3) is 2.89. The highest BCUT2D eigenvalue weighted by molar-refractivity contribution is 5.42. The maximum absolute atomic E-state index is 5.60. The quantitative estimate of drug-likeness (QED) is 0.764. The Balaban J connectivity index is 1.36. The molecule has 1 N–H and O–H groups in total. The molecule has 3 aromatic heterocycles. The number of rotatable bonds is 5. The molecule has 8 nitrogen and oxygen atoms in total. The Morgan fingerprint density at radius 2 is 2.35 bits per heavy atom. The van der Waals surface area contributed by atoms with Gasteiger partial charge in [0.2, 0.25) is 5.89 Å². The van der Waals surface area contributed by atoms with Crippen LogP contribution in [0.1, 0.15) is 30.9 Å². The van der Waals surface area contributed by atoms with Crippen LogP contribution in [0.3, 0.4) is 0 Å². The van der Waals surface area contributed by atoms with E-state index in [0.717, 1.165) is 37.5 Å². The molecular weight excluding hydrogens is 296 g/mol. The van der Waals surface area contributed by atoms with Crippen molar-refractivity contribution in [2.45, 2.75) is 45.3 Å². The van der Waals surface area contributed by atoms with Crippen LogP contribution >= 0.6 is 0 Å². The van der Waals surface area contributed by atoms with Gasteiger partial charge in [0.1, 0.15) is 5.82 Å². The molecular formula is C15H18N6O2. The molecule has 1 aliphatic heterocycles. The minimum atomic E-state index is 0.327. The Hall–Kier alpha value is -2.48. The van der Waals surface area contributed by atoms with Gasteiger partial charge in [0, 0.05) is 18.9 Å². The van der Waals surface area contributed by atoms with Crippen molar-refractivity contribution in [3.63, 3.8) is 0 Å². The molecule has 3 aromatic rings. The molecule has 0 saturated carbocycles. The monoisotopic (exact) mass is 314 g/mol. The predicted molar refractivity (Wildman–Crippen MR) is 80.3 cm³/mol. The third-order valence-electron chi connectivity index (χ3n) is 3.96. The number of nitrogens with zero attached hydrogens (tertiary/aromatic N) is 5. The van der Waals surface area contributed by atoms with E-state index in [1.165, 1.54) is 0 Å². The van der Waals surface area contributed by atoms with Gasteiger partial charge in [-0.15, -0.1) is 10.2 Å². The Kier molecular flexibility index (Phi) is 3.66. The summed E-state index contributed by atoms with van der Waals surface area (Å²) in [5, 5.41) is 16.0. The summed E-state index contributed by atoms with van der Waals surface area (Å²) in [4.78, 5) is 4.53. The highest BCUT2D eigenvalue weighted by Crippen LogP contribution is 2.18. The number of furan rings is 1. The summed E-state index contributed by atoms with van der Waals surface area (Å²) in [7, 11) is 0. The first-order chi connectivity index (χ1) is 11.3. The zero-order valence-corrected chi connectivity index (χ0v) is 12.9. The zero-order valence-electron chi connectivity index (χ0n) is 12.9. The highest BCUT2D eigenvalue weighted by Gasteiger charge is 2.21. The first-order valence-corrected chi connectivity index (χ1v) is 7.84. The van der Waals surface area contributed by atoms with E-state index in [9.17, 15) is 0 Å². The number of aromatic nitrogens is 5. The molecule has 0 fully saturated rings. The van der Waals surface area contributed by atoms with Crippen LogP contribution in [-0.4, -0.2) is 31.0 Å². The van der Waals surface area contributed by atoms with Crippen molar-refractivity contribution >= 4 is 0 Å². The van der Waals surface area contributed by atoms with Gasteiger partial charge in [0.25, 0.3) is 5.89 Å². The molecule has 4 heterocycles. The molecule has 0 spiro atoms. The number of fused-ring (bicyclic) bond motifs is 1. The summed E-state index contributed by atoms with van der Waals surface area (Å²) in [5.41, 5.74) is 0. The molecule has 1 atom stereocenters. The van der Waals surface area contributed by atoms with E-state index in [4.69, 9.17) is 8.83 Å². The fourth-order valence-electron chi connectivity index (χ4n) is 2.73. The highest BCUT2D eigenvalue weighted by atomic mass is 16.4. The second-order valence-corrected chi connectivity index (χ2v) is 5.57. The van der Waals surface area contributed by atoms with Crippen molar-refractivity contribution in [3.8, 4) is 11.7 Å². The fourth-order valence-corrected chi connectivity index (χ4v) is 2.73. The summed E-state index contributed by atoms with van der Waals surface area (Å²) >= 11 is 0. The maximum atomic E-state index is 5.60. The predicted octanol–water partition coefficient (Wildman–Crippen LogP) is 1.59. The van der Waals surface area contributed by atoms with E-state index in [2.05, 4.69) is 32.5 Å². The van der Waals surface area contributed by atoms with Gasteiger partial charge in [0.15, 0.2) is 11.6 Å². The van der Waals surface area contributed by atoms with Crippen molar-refractivity contribution in [1.82, 2.24) is 30.3 Å². The average molecular weight is 314 g/mol. The molecule has 120 valence electrons. The van der Waals surface area contributed by atoms with E-state index in [1.807, 2.05) is 4.68 Å². The first-order valence-electron chi connectivity index (χ1n) is 7.84. The molecule has 0 saturated heterocycles. The summed E-state index contributed by atoms with van der Waals surface area (Å²) in [5.74, 6) is 3.54. The van der Waals surface area contributed by atoms with Crippen LogP contribution in [0.15, 0.2) is 27.2 Å². The molecule has 0 radical (unpaired) electrons. The molecule has 0 aliphatic carbocycles. The largest absolute Gasteiger partial charge is 0.459 e. The first kappa shape index (κ1) is 14.1. The average Bonchev–Trinajstić information content (AvgIpc) is 3.30. The number of hydrogen-bond acceptors (Lipinski definition) is 7. The van der Waals surface area contributed by atoms with Crippen molar-refractivity contribution < 1.29 is 8.83 Å². The second kappa shape index (κ2) is 5.96. The summed E-state index contributed by atoms with van der Waals surface area (Å²) < 4.78 is 12.8. The lowest BCUT2D eigenvalue weighted by atomic mass is 10.1. The molecule has 1 aliphatic rings. The van der Waals surface area contributed by atoms with Crippen molar-refractivity contribution in [2.75, 3.05) is 0 Å². The molecule has 1 unspecified atom stereocenters. The van der Waals surface area contributed by atoms with Crippen molar-refractivity contribution in [1.29, 1.82) is 0 Å². The van der Waals surface area contributed by atoms with Crippen LogP contribution in [0.25, 0.3) is 11.7 Å². The van der Waals surface area contributed by atoms with Crippen LogP contribution < -0.4 is 5.32 Å². The van der Waals surface area contributed by atoms with E-state index in [0.29, 0.717) is 30.1 Å². The Labute approximate surface area is 132 Å². The van der Waals surface area contributed by atoms with Crippen LogP contribution in [0.4, 0.5) is 0 Å². The molecule has 4 rings (SSSR count). The molecule has 23 heavy (non-hydrogen) atoms. The Bertz CT molecular complexity index is 776. The molecule has 0 aromatic carbocycles. The zero-order chi connectivity index (χ0) is 15.6. The van der Waals surface area contributed by atoms with E-state index in [-0.39, 0.29) is 0 Å². The summed E-state index contributed by atoms with van der Waals surface area (Å²) in [6.45, 7) is 3.42.